The summed E-state index contributed by atoms with van der Waals surface area (Å²) in [4.78, 5) is 28.1. The molecule has 0 radical (unpaired) electrons. The summed E-state index contributed by atoms with van der Waals surface area (Å²) in [7, 11) is -1.00. The van der Waals surface area contributed by atoms with Crippen LogP contribution in [0.5, 0.6) is 5.75 Å². The number of ketones is 1. The number of methoxy groups -OCH3 is 1. The van der Waals surface area contributed by atoms with E-state index >= 15 is 0 Å². The number of para-hydroxylation sites is 1. The lowest BCUT2D eigenvalue weighted by atomic mass is 10.1. The number of nitrogens with one attached hydrogen (secondary N) is 1. The van der Waals surface area contributed by atoms with E-state index in [1.165, 1.54) is 38.4 Å². The average molecular weight is 479 g/mol. The molecule has 4 aromatic rings. The number of hydrogen-bond acceptors (Lipinski definition) is 6. The van der Waals surface area contributed by atoms with Crippen molar-refractivity contribution in [3.8, 4) is 5.75 Å². The first-order valence-corrected chi connectivity index (χ1v) is 11.7. The highest BCUT2D eigenvalue weighted by molar-refractivity contribution is 7.92. The molecule has 0 aliphatic heterocycles. The van der Waals surface area contributed by atoms with Crippen LogP contribution in [0.4, 0.5) is 5.69 Å². The van der Waals surface area contributed by atoms with E-state index in [9.17, 15) is 18.0 Å². The number of ether oxygens (including phenoxy) is 2. The van der Waals surface area contributed by atoms with Crippen LogP contribution < -0.4 is 9.04 Å². The van der Waals surface area contributed by atoms with Crippen LogP contribution in [-0.4, -0.2) is 45.9 Å². The molecule has 0 saturated heterocycles. The van der Waals surface area contributed by atoms with Gasteiger partial charge in [-0.05, 0) is 48.5 Å². The van der Waals surface area contributed by atoms with Crippen molar-refractivity contribution in [3.05, 3.63) is 90.1 Å². The third kappa shape index (κ3) is 4.51. The maximum atomic E-state index is 13.1. The number of anilines is 1. The number of hydrogen-bond donors (Lipinski definition) is 1. The number of benzene rings is 3. The molecule has 1 N–H and O–H groups in total. The largest absolute Gasteiger partial charge is 0.497 e. The number of rotatable bonds is 8. The third-order valence-corrected chi connectivity index (χ3v) is 7.17. The Balaban J connectivity index is 1.48. The van der Waals surface area contributed by atoms with Gasteiger partial charge in [0.2, 0.25) is 5.78 Å². The van der Waals surface area contributed by atoms with Crippen LogP contribution in [0.3, 0.4) is 0 Å². The van der Waals surface area contributed by atoms with Gasteiger partial charge < -0.3 is 14.5 Å². The molecule has 1 aromatic heterocycles. The molecule has 0 fully saturated rings. The number of Topliss-reactive ketones (excluding diaryl/α,β-unsaturated/α-hetero) is 1. The molecule has 4 rings (SSSR count). The first kappa shape index (κ1) is 23.1. The number of fused-ring (bicyclic) bond motifs is 1. The number of carbonyl (C=O) groups excluding carboxylic acids is 2. The predicted octanol–water partition coefficient (Wildman–Crippen LogP) is 4.04. The second-order valence-corrected chi connectivity index (χ2v) is 9.41. The summed E-state index contributed by atoms with van der Waals surface area (Å²) in [6.45, 7) is -0.469. The van der Waals surface area contributed by atoms with Crippen LogP contribution in [0.15, 0.2) is 83.9 Å². The lowest BCUT2D eigenvalue weighted by molar-refractivity contribution is 0.0475. The van der Waals surface area contributed by atoms with Gasteiger partial charge in [-0.3, -0.25) is 9.10 Å². The summed E-state index contributed by atoms with van der Waals surface area (Å²) in [5.41, 5.74) is 1.67. The minimum atomic E-state index is -3.95. The van der Waals surface area contributed by atoms with Gasteiger partial charge in [0.25, 0.3) is 10.0 Å². The molecule has 174 valence electrons. The van der Waals surface area contributed by atoms with Crippen molar-refractivity contribution in [1.82, 2.24) is 4.98 Å². The van der Waals surface area contributed by atoms with Crippen LogP contribution in [0, 0.1) is 0 Å². The van der Waals surface area contributed by atoms with Crippen LogP contribution in [0.25, 0.3) is 10.9 Å². The van der Waals surface area contributed by atoms with Crippen molar-refractivity contribution in [2.45, 2.75) is 4.90 Å². The highest BCUT2D eigenvalue weighted by Gasteiger charge is 2.23. The Morgan fingerprint density at radius 3 is 2.44 bits per heavy atom. The number of esters is 1. The maximum absolute atomic E-state index is 13.1. The van der Waals surface area contributed by atoms with Gasteiger partial charge in [-0.1, -0.05) is 24.3 Å². The zero-order valence-electron chi connectivity index (χ0n) is 18.5. The van der Waals surface area contributed by atoms with Crippen molar-refractivity contribution < 1.29 is 27.5 Å². The fourth-order valence-corrected chi connectivity index (χ4v) is 4.71. The predicted molar refractivity (Wildman–Crippen MR) is 128 cm³/mol. The molecule has 0 amide bonds. The normalized spacial score (nSPS) is 11.2. The Kier molecular flexibility index (Phi) is 6.38. The lowest BCUT2D eigenvalue weighted by Gasteiger charge is -2.20. The second kappa shape index (κ2) is 9.40. The van der Waals surface area contributed by atoms with Gasteiger partial charge in [-0.25, -0.2) is 13.2 Å². The van der Waals surface area contributed by atoms with Gasteiger partial charge in [0.1, 0.15) is 5.75 Å². The molecule has 0 saturated carbocycles. The van der Waals surface area contributed by atoms with Gasteiger partial charge in [0.15, 0.2) is 6.61 Å². The number of H-pyrrole nitrogens is 1. The molecule has 0 aliphatic carbocycles. The fourth-order valence-electron chi connectivity index (χ4n) is 3.47. The summed E-state index contributed by atoms with van der Waals surface area (Å²) < 4.78 is 37.6. The van der Waals surface area contributed by atoms with Crippen molar-refractivity contribution in [2.24, 2.45) is 0 Å². The van der Waals surface area contributed by atoms with Gasteiger partial charge >= 0.3 is 5.97 Å². The lowest BCUT2D eigenvalue weighted by Crippen LogP contribution is -2.26. The number of aromatic amines is 1. The molecule has 0 bridgehead atoms. The number of carbonyl (C=O) groups is 2. The van der Waals surface area contributed by atoms with E-state index in [2.05, 4.69) is 4.98 Å². The molecule has 34 heavy (non-hydrogen) atoms. The Labute approximate surface area is 196 Å². The highest BCUT2D eigenvalue weighted by atomic mass is 32.2. The Morgan fingerprint density at radius 2 is 1.71 bits per heavy atom. The Bertz CT molecular complexity index is 1460. The minimum Gasteiger partial charge on any atom is -0.497 e. The van der Waals surface area contributed by atoms with E-state index in [4.69, 9.17) is 9.47 Å². The van der Waals surface area contributed by atoms with Crippen LogP contribution in [0.1, 0.15) is 20.7 Å². The summed E-state index contributed by atoms with van der Waals surface area (Å²) in [5.74, 6) is -0.562. The average Bonchev–Trinajstić information content (AvgIpc) is 3.31. The van der Waals surface area contributed by atoms with E-state index in [0.717, 1.165) is 15.2 Å². The summed E-state index contributed by atoms with van der Waals surface area (Å²) in [5, 5.41) is 0.734. The van der Waals surface area contributed by atoms with E-state index in [1.54, 1.807) is 36.5 Å². The molecular formula is C25H22N2O6S. The zero-order valence-corrected chi connectivity index (χ0v) is 19.3. The van der Waals surface area contributed by atoms with E-state index < -0.39 is 22.6 Å². The van der Waals surface area contributed by atoms with Gasteiger partial charge in [-0.2, -0.15) is 0 Å². The smallest absolute Gasteiger partial charge is 0.338 e. The molecule has 8 nitrogen and oxygen atoms in total. The van der Waals surface area contributed by atoms with Crippen molar-refractivity contribution in [1.29, 1.82) is 0 Å². The molecule has 0 unspecified atom stereocenters. The van der Waals surface area contributed by atoms with Crippen molar-refractivity contribution in [3.63, 3.8) is 0 Å². The van der Waals surface area contributed by atoms with Crippen LogP contribution in [0.2, 0.25) is 0 Å². The van der Waals surface area contributed by atoms with E-state index in [-0.39, 0.29) is 16.2 Å². The fraction of sp³-hybridized carbons (Fsp3) is 0.120. The quantitative estimate of drug-likeness (QED) is 0.303. The maximum Gasteiger partial charge on any atom is 0.338 e. The number of sulfonamides is 1. The molecule has 1 heterocycles. The zero-order chi connectivity index (χ0) is 24.3. The Hall–Kier alpha value is -4.11. The van der Waals surface area contributed by atoms with Crippen LogP contribution in [-0.2, 0) is 14.8 Å². The minimum absolute atomic E-state index is 0.0240. The monoisotopic (exact) mass is 478 g/mol. The Morgan fingerprint density at radius 1 is 0.971 bits per heavy atom. The van der Waals surface area contributed by atoms with Gasteiger partial charge in [0, 0.05) is 29.7 Å². The first-order valence-electron chi connectivity index (χ1n) is 10.3. The van der Waals surface area contributed by atoms with Gasteiger partial charge in [-0.15, -0.1) is 0 Å². The third-order valence-electron chi connectivity index (χ3n) is 5.39. The number of nitrogens with zero attached hydrogens (tertiary/aromatic N) is 1. The van der Waals surface area contributed by atoms with E-state index in [1.807, 2.05) is 18.2 Å². The molecule has 0 atom stereocenters. The molecular weight excluding hydrogens is 456 g/mol. The number of aromatic nitrogens is 1. The van der Waals surface area contributed by atoms with E-state index in [0.29, 0.717) is 17.0 Å². The van der Waals surface area contributed by atoms with Crippen molar-refractivity contribution >= 4 is 38.4 Å². The topological polar surface area (TPSA) is 106 Å². The molecule has 3 aromatic carbocycles. The van der Waals surface area contributed by atoms with Crippen LogP contribution >= 0.6 is 0 Å². The first-order chi connectivity index (χ1) is 16.3. The standard InChI is InChI=1S/C25H22N2O6S/c1-27(18-10-12-19(32-2)13-11-18)34(30,31)20-7-5-6-17(14-20)25(29)33-16-24(28)22-15-26-23-9-4-3-8-21(22)23/h3-15,26H,16H2,1-2H3. The molecule has 0 aliphatic rings. The summed E-state index contributed by atoms with van der Waals surface area (Å²) >= 11 is 0. The van der Waals surface area contributed by atoms with Gasteiger partial charge in [0.05, 0.1) is 23.3 Å². The molecule has 9 heteroatoms. The summed E-state index contributed by atoms with van der Waals surface area (Å²) in [6, 6.07) is 19.3. The van der Waals surface area contributed by atoms with Crippen molar-refractivity contribution in [2.75, 3.05) is 25.1 Å². The molecule has 0 spiro atoms. The SMILES string of the molecule is COc1ccc(N(C)S(=O)(=O)c2cccc(C(=O)OCC(=O)c3c[nH]c4ccccc34)c2)cc1. The second-order valence-electron chi connectivity index (χ2n) is 7.45. The summed E-state index contributed by atoms with van der Waals surface area (Å²) in [6.07, 6.45) is 1.57. The highest BCUT2D eigenvalue weighted by Crippen LogP contribution is 2.25.